The number of rotatable bonds is 3. The van der Waals surface area contributed by atoms with Gasteiger partial charge in [0.15, 0.2) is 0 Å². The quantitative estimate of drug-likeness (QED) is 0.733. The summed E-state index contributed by atoms with van der Waals surface area (Å²) in [7, 11) is 0. The fraction of sp³-hybridized carbons (Fsp3) is 0.273. The highest BCUT2D eigenvalue weighted by atomic mass is 79.9. The molecule has 0 fully saturated rings. The number of hydrogen-bond donors (Lipinski definition) is 0. The van der Waals surface area contributed by atoms with Crippen molar-refractivity contribution in [2.24, 2.45) is 0 Å². The molecule has 1 aromatic carbocycles. The van der Waals surface area contributed by atoms with Gasteiger partial charge in [0.25, 0.3) is 0 Å². The summed E-state index contributed by atoms with van der Waals surface area (Å²) in [6.07, 6.45) is 3.96. The Morgan fingerprint density at radius 3 is 2.85 bits per heavy atom. The van der Waals surface area contributed by atoms with Crippen LogP contribution in [0.15, 0.2) is 34.8 Å². The van der Waals surface area contributed by atoms with Crippen LogP contribution in [0.5, 0.6) is 5.75 Å². The van der Waals surface area contributed by atoms with Crippen molar-refractivity contribution < 1.29 is 4.74 Å². The lowest BCUT2D eigenvalue weighted by Crippen LogP contribution is -1.93. The predicted molar refractivity (Wildman–Crippen MR) is 59.2 cm³/mol. The van der Waals surface area contributed by atoms with Gasteiger partial charge in [-0.15, -0.1) is 0 Å². The Labute approximate surface area is 87.5 Å². The highest BCUT2D eigenvalue weighted by Crippen LogP contribution is 2.21. The van der Waals surface area contributed by atoms with Gasteiger partial charge in [0.1, 0.15) is 12.4 Å². The topological polar surface area (TPSA) is 9.23 Å². The molecule has 0 bridgehead atoms. The molecule has 0 heterocycles. The molecule has 0 saturated carbocycles. The second-order valence-corrected chi connectivity index (χ2v) is 3.65. The Balaban J connectivity index is 2.63. The Hall–Kier alpha value is -0.760. The lowest BCUT2D eigenvalue weighted by atomic mass is 10.2. The lowest BCUT2D eigenvalue weighted by molar-refractivity contribution is 0.362. The van der Waals surface area contributed by atoms with Crippen LogP contribution < -0.4 is 4.74 Å². The van der Waals surface area contributed by atoms with E-state index in [9.17, 15) is 0 Å². The number of ether oxygens (including phenoxy) is 1. The zero-order valence-electron chi connectivity index (χ0n) is 7.88. The van der Waals surface area contributed by atoms with Crippen LogP contribution in [0.3, 0.4) is 0 Å². The molecule has 0 aliphatic rings. The monoisotopic (exact) mass is 240 g/mol. The van der Waals surface area contributed by atoms with Crippen molar-refractivity contribution in [3.63, 3.8) is 0 Å². The third-order valence-corrected chi connectivity index (χ3v) is 2.60. The van der Waals surface area contributed by atoms with Gasteiger partial charge in [-0.1, -0.05) is 28.1 Å². The van der Waals surface area contributed by atoms with Gasteiger partial charge in [0, 0.05) is 4.47 Å². The third-order valence-electron chi connectivity index (χ3n) is 1.71. The van der Waals surface area contributed by atoms with Gasteiger partial charge in [0.05, 0.1) is 0 Å². The van der Waals surface area contributed by atoms with Crippen LogP contribution in [0, 0.1) is 6.92 Å². The molecule has 1 aromatic rings. The van der Waals surface area contributed by atoms with Crippen LogP contribution in [-0.2, 0) is 0 Å². The summed E-state index contributed by atoms with van der Waals surface area (Å²) in [6, 6.07) is 5.98. The van der Waals surface area contributed by atoms with Gasteiger partial charge in [-0.3, -0.25) is 0 Å². The van der Waals surface area contributed by atoms with Crippen molar-refractivity contribution in [1.29, 1.82) is 0 Å². The largest absolute Gasteiger partial charge is 0.490 e. The van der Waals surface area contributed by atoms with Crippen LogP contribution in [0.25, 0.3) is 0 Å². The molecule has 1 nitrogen and oxygen atoms in total. The molecule has 0 aliphatic heterocycles. The lowest BCUT2D eigenvalue weighted by Gasteiger charge is -2.04. The maximum absolute atomic E-state index is 5.47. The van der Waals surface area contributed by atoms with Crippen LogP contribution in [0.1, 0.15) is 12.5 Å². The van der Waals surface area contributed by atoms with Crippen molar-refractivity contribution in [2.75, 3.05) is 6.61 Å². The summed E-state index contributed by atoms with van der Waals surface area (Å²) in [5.74, 6) is 0.916. The fourth-order valence-electron chi connectivity index (χ4n) is 0.948. The van der Waals surface area contributed by atoms with E-state index in [1.165, 1.54) is 5.56 Å². The summed E-state index contributed by atoms with van der Waals surface area (Å²) in [4.78, 5) is 0. The standard InChI is InChI=1S/C11H13BrO/c1-3-4-7-13-10-5-6-11(12)9(2)8-10/h3-6,8H,7H2,1-2H3/b4-3+. The number of hydrogen-bond acceptors (Lipinski definition) is 1. The Morgan fingerprint density at radius 2 is 2.23 bits per heavy atom. The molecular formula is C11H13BrO. The van der Waals surface area contributed by atoms with E-state index >= 15 is 0 Å². The summed E-state index contributed by atoms with van der Waals surface area (Å²) < 4.78 is 6.59. The molecular weight excluding hydrogens is 228 g/mol. The zero-order valence-corrected chi connectivity index (χ0v) is 9.47. The summed E-state index contributed by atoms with van der Waals surface area (Å²) in [6.45, 7) is 4.67. The Kier molecular flexibility index (Phi) is 4.03. The summed E-state index contributed by atoms with van der Waals surface area (Å²) >= 11 is 3.44. The van der Waals surface area contributed by atoms with E-state index in [0.717, 1.165) is 10.2 Å². The molecule has 2 heteroatoms. The van der Waals surface area contributed by atoms with Gasteiger partial charge in [-0.2, -0.15) is 0 Å². The van der Waals surface area contributed by atoms with Crippen molar-refractivity contribution in [3.05, 3.63) is 40.4 Å². The average Bonchev–Trinajstić information content (AvgIpc) is 2.12. The van der Waals surface area contributed by atoms with Crippen molar-refractivity contribution in [1.82, 2.24) is 0 Å². The molecule has 0 saturated heterocycles. The predicted octanol–water partition coefficient (Wildman–Crippen LogP) is 3.71. The molecule has 13 heavy (non-hydrogen) atoms. The Bertz CT molecular complexity index is 305. The molecule has 0 amide bonds. The van der Waals surface area contributed by atoms with E-state index in [0.29, 0.717) is 6.61 Å². The molecule has 0 aliphatic carbocycles. The minimum atomic E-state index is 0.636. The first-order valence-corrected chi connectivity index (χ1v) is 5.03. The maximum Gasteiger partial charge on any atom is 0.120 e. The SMILES string of the molecule is C/C=C/COc1ccc(Br)c(C)c1. The number of benzene rings is 1. The fourth-order valence-corrected chi connectivity index (χ4v) is 1.19. The van der Waals surface area contributed by atoms with Gasteiger partial charge in [-0.05, 0) is 37.6 Å². The second kappa shape index (κ2) is 5.07. The minimum absolute atomic E-state index is 0.636. The molecule has 0 atom stereocenters. The molecule has 1 rings (SSSR count). The smallest absolute Gasteiger partial charge is 0.120 e. The van der Waals surface area contributed by atoms with E-state index in [4.69, 9.17) is 4.74 Å². The van der Waals surface area contributed by atoms with E-state index < -0.39 is 0 Å². The molecule has 0 radical (unpaired) electrons. The first kappa shape index (κ1) is 10.3. The van der Waals surface area contributed by atoms with Gasteiger partial charge in [0.2, 0.25) is 0 Å². The average molecular weight is 241 g/mol. The summed E-state index contributed by atoms with van der Waals surface area (Å²) in [5, 5.41) is 0. The number of allylic oxidation sites excluding steroid dienone is 1. The highest BCUT2D eigenvalue weighted by molar-refractivity contribution is 9.10. The third kappa shape index (κ3) is 3.23. The van der Waals surface area contributed by atoms with Crippen LogP contribution in [-0.4, -0.2) is 6.61 Å². The van der Waals surface area contributed by atoms with E-state index in [1.807, 2.05) is 44.2 Å². The van der Waals surface area contributed by atoms with Crippen molar-refractivity contribution >= 4 is 15.9 Å². The zero-order chi connectivity index (χ0) is 9.68. The van der Waals surface area contributed by atoms with Gasteiger partial charge in [-0.25, -0.2) is 0 Å². The van der Waals surface area contributed by atoms with E-state index in [-0.39, 0.29) is 0 Å². The van der Waals surface area contributed by atoms with E-state index in [2.05, 4.69) is 15.9 Å². The first-order chi connectivity index (χ1) is 6.24. The molecule has 0 spiro atoms. The number of halogens is 1. The van der Waals surface area contributed by atoms with Crippen molar-refractivity contribution in [2.45, 2.75) is 13.8 Å². The van der Waals surface area contributed by atoms with E-state index in [1.54, 1.807) is 0 Å². The maximum atomic E-state index is 5.47. The summed E-state index contributed by atoms with van der Waals surface area (Å²) in [5.41, 5.74) is 1.19. The van der Waals surface area contributed by atoms with Crippen LogP contribution in [0.4, 0.5) is 0 Å². The first-order valence-electron chi connectivity index (χ1n) is 4.24. The van der Waals surface area contributed by atoms with Crippen LogP contribution in [0.2, 0.25) is 0 Å². The van der Waals surface area contributed by atoms with Gasteiger partial charge >= 0.3 is 0 Å². The second-order valence-electron chi connectivity index (χ2n) is 2.79. The van der Waals surface area contributed by atoms with Crippen molar-refractivity contribution in [3.8, 4) is 5.75 Å². The Morgan fingerprint density at radius 1 is 1.46 bits per heavy atom. The molecule has 0 aromatic heterocycles. The molecule has 0 N–H and O–H groups in total. The normalized spacial score (nSPS) is 10.7. The minimum Gasteiger partial charge on any atom is -0.490 e. The molecule has 0 unspecified atom stereocenters. The number of aryl methyl sites for hydroxylation is 1. The van der Waals surface area contributed by atoms with Crippen LogP contribution >= 0.6 is 15.9 Å². The highest BCUT2D eigenvalue weighted by Gasteiger charge is 1.96. The molecule has 70 valence electrons. The van der Waals surface area contributed by atoms with Gasteiger partial charge < -0.3 is 4.74 Å².